The van der Waals surface area contributed by atoms with E-state index in [1.165, 1.54) is 16.0 Å². The number of nitrogens with zero attached hydrogens (tertiary/aromatic N) is 2. The summed E-state index contributed by atoms with van der Waals surface area (Å²) in [5, 5.41) is 2.09. The molecule has 3 aromatic rings. The van der Waals surface area contributed by atoms with Crippen LogP contribution in [0.3, 0.4) is 0 Å². The average molecular weight is 461 g/mol. The molecular weight excluding hydrogens is 432 g/mol. The number of methoxy groups -OCH3 is 1. The van der Waals surface area contributed by atoms with Crippen molar-refractivity contribution in [1.29, 1.82) is 0 Å². The van der Waals surface area contributed by atoms with Gasteiger partial charge in [0.1, 0.15) is 12.3 Å². The molecule has 0 saturated carbocycles. The molecule has 1 unspecified atom stereocenters. The minimum Gasteiger partial charge on any atom is -0.497 e. The first kappa shape index (κ1) is 22.8. The number of carbonyl (C=O) groups is 2. The molecule has 0 bridgehead atoms. The molecule has 2 aromatic carbocycles. The van der Waals surface area contributed by atoms with Gasteiger partial charge in [-0.05, 0) is 60.2 Å². The van der Waals surface area contributed by atoms with E-state index in [0.717, 1.165) is 12.0 Å². The Labute approximate surface area is 198 Å². The van der Waals surface area contributed by atoms with E-state index >= 15 is 0 Å². The second-order valence-corrected chi connectivity index (χ2v) is 9.15. The van der Waals surface area contributed by atoms with E-state index in [-0.39, 0.29) is 24.4 Å². The number of rotatable bonds is 7. The van der Waals surface area contributed by atoms with E-state index < -0.39 is 0 Å². The summed E-state index contributed by atoms with van der Waals surface area (Å²) in [7, 11) is 1.58. The van der Waals surface area contributed by atoms with Crippen LogP contribution in [0.5, 0.6) is 5.75 Å². The zero-order chi connectivity index (χ0) is 23.4. The van der Waals surface area contributed by atoms with Crippen molar-refractivity contribution in [2.75, 3.05) is 26.7 Å². The average Bonchev–Trinajstić information content (AvgIpc) is 3.32. The largest absolute Gasteiger partial charge is 0.497 e. The highest BCUT2D eigenvalue weighted by Crippen LogP contribution is 2.38. The van der Waals surface area contributed by atoms with Gasteiger partial charge in [0.05, 0.1) is 13.2 Å². The highest BCUT2D eigenvalue weighted by molar-refractivity contribution is 7.10. The number of carbonyl (C=O) groups excluding carboxylic acids is 2. The minimum absolute atomic E-state index is 0.00128. The lowest BCUT2D eigenvalue weighted by Gasteiger charge is -2.37. The van der Waals surface area contributed by atoms with Crippen LogP contribution in [0.1, 0.15) is 38.0 Å². The number of hydrogen-bond acceptors (Lipinski definition) is 4. The Balaban J connectivity index is 1.59. The molecule has 0 fully saturated rings. The van der Waals surface area contributed by atoms with Crippen LogP contribution in [0, 0.1) is 6.92 Å². The number of fused-ring (bicyclic) bond motifs is 1. The van der Waals surface area contributed by atoms with Crippen LogP contribution in [-0.4, -0.2) is 48.4 Å². The molecule has 0 aliphatic carbocycles. The maximum atomic E-state index is 13.6. The molecule has 0 radical (unpaired) electrons. The Morgan fingerprint density at radius 2 is 1.88 bits per heavy atom. The van der Waals surface area contributed by atoms with Crippen molar-refractivity contribution in [2.45, 2.75) is 19.4 Å². The SMILES string of the molecule is C=CCN(CC(=O)N1CCc2sccc2C1c1ccc(C)cc1)C(=O)c1ccc(OC)cc1. The van der Waals surface area contributed by atoms with Crippen LogP contribution in [-0.2, 0) is 11.2 Å². The zero-order valence-electron chi connectivity index (χ0n) is 19.0. The van der Waals surface area contributed by atoms with Gasteiger partial charge in [-0.3, -0.25) is 9.59 Å². The van der Waals surface area contributed by atoms with E-state index in [1.54, 1.807) is 53.7 Å². The van der Waals surface area contributed by atoms with Gasteiger partial charge in [-0.1, -0.05) is 35.9 Å². The Morgan fingerprint density at radius 1 is 1.15 bits per heavy atom. The molecule has 1 aromatic heterocycles. The molecule has 0 saturated heterocycles. The summed E-state index contributed by atoms with van der Waals surface area (Å²) in [6.07, 6.45) is 2.48. The molecule has 170 valence electrons. The first-order valence-electron chi connectivity index (χ1n) is 11.0. The van der Waals surface area contributed by atoms with Crippen LogP contribution in [0.4, 0.5) is 0 Å². The second-order valence-electron chi connectivity index (χ2n) is 8.15. The minimum atomic E-state index is -0.203. The second kappa shape index (κ2) is 10.0. The number of ether oxygens (including phenoxy) is 1. The Bertz CT molecular complexity index is 1130. The van der Waals surface area contributed by atoms with E-state index in [9.17, 15) is 9.59 Å². The number of aryl methyl sites for hydroxylation is 1. The lowest BCUT2D eigenvalue weighted by Crippen LogP contribution is -2.46. The quantitative estimate of drug-likeness (QED) is 0.473. The summed E-state index contributed by atoms with van der Waals surface area (Å²) in [5.74, 6) is 0.408. The van der Waals surface area contributed by atoms with Gasteiger partial charge in [0.25, 0.3) is 5.91 Å². The van der Waals surface area contributed by atoms with Gasteiger partial charge in [-0.2, -0.15) is 0 Å². The Morgan fingerprint density at radius 3 is 2.55 bits per heavy atom. The van der Waals surface area contributed by atoms with E-state index in [1.807, 2.05) is 4.90 Å². The molecule has 2 amide bonds. The first-order valence-corrected chi connectivity index (χ1v) is 11.9. The lowest BCUT2D eigenvalue weighted by molar-refractivity contribution is -0.133. The maximum Gasteiger partial charge on any atom is 0.254 e. The van der Waals surface area contributed by atoms with Crippen molar-refractivity contribution >= 4 is 23.2 Å². The highest BCUT2D eigenvalue weighted by Gasteiger charge is 2.34. The van der Waals surface area contributed by atoms with Gasteiger partial charge in [0.15, 0.2) is 0 Å². The van der Waals surface area contributed by atoms with E-state index in [2.05, 4.69) is 49.2 Å². The molecule has 0 N–H and O–H groups in total. The Hall–Kier alpha value is -3.38. The van der Waals surface area contributed by atoms with Crippen LogP contribution in [0.15, 0.2) is 72.6 Å². The third kappa shape index (κ3) is 4.86. The monoisotopic (exact) mass is 460 g/mol. The van der Waals surface area contributed by atoms with Crippen LogP contribution in [0.25, 0.3) is 0 Å². The standard InChI is InChI=1S/C27H28N2O3S/c1-4-15-28(27(31)21-9-11-22(32-3)12-10-21)18-25(30)29-16-13-24-23(14-17-33-24)26(29)20-7-5-19(2)6-8-20/h4-12,14,17,26H,1,13,15-16,18H2,2-3H3. The van der Waals surface area contributed by atoms with Gasteiger partial charge in [-0.25, -0.2) is 0 Å². The van der Waals surface area contributed by atoms with Crippen molar-refractivity contribution in [3.05, 3.63) is 99.8 Å². The summed E-state index contributed by atoms with van der Waals surface area (Å²) in [6.45, 7) is 6.76. The van der Waals surface area contributed by atoms with Crippen molar-refractivity contribution in [2.24, 2.45) is 0 Å². The molecule has 1 aliphatic heterocycles. The zero-order valence-corrected chi connectivity index (χ0v) is 19.8. The molecule has 4 rings (SSSR count). The number of amides is 2. The van der Waals surface area contributed by atoms with Gasteiger partial charge in [0, 0.05) is 23.5 Å². The smallest absolute Gasteiger partial charge is 0.254 e. The Kier molecular flexibility index (Phi) is 6.94. The van der Waals surface area contributed by atoms with Crippen LogP contribution in [0.2, 0.25) is 0 Å². The first-order chi connectivity index (χ1) is 16.0. The molecule has 5 nitrogen and oxygen atoms in total. The summed E-state index contributed by atoms with van der Waals surface area (Å²) in [6, 6.07) is 17.3. The third-order valence-corrected chi connectivity index (χ3v) is 6.98. The number of benzene rings is 2. The molecule has 6 heteroatoms. The maximum absolute atomic E-state index is 13.6. The summed E-state index contributed by atoms with van der Waals surface area (Å²) in [4.78, 5) is 31.5. The van der Waals surface area contributed by atoms with Crippen molar-refractivity contribution in [3.8, 4) is 5.75 Å². The fourth-order valence-corrected chi connectivity index (χ4v) is 5.14. The summed E-state index contributed by atoms with van der Waals surface area (Å²) >= 11 is 1.74. The van der Waals surface area contributed by atoms with Gasteiger partial charge >= 0.3 is 0 Å². The summed E-state index contributed by atoms with van der Waals surface area (Å²) < 4.78 is 5.18. The fourth-order valence-electron chi connectivity index (χ4n) is 4.24. The van der Waals surface area contributed by atoms with E-state index in [4.69, 9.17) is 4.74 Å². The number of hydrogen-bond donors (Lipinski definition) is 0. The molecule has 2 heterocycles. The third-order valence-electron chi connectivity index (χ3n) is 5.98. The predicted octanol–water partition coefficient (Wildman–Crippen LogP) is 4.87. The van der Waals surface area contributed by atoms with E-state index in [0.29, 0.717) is 24.4 Å². The van der Waals surface area contributed by atoms with Gasteiger partial charge in [-0.15, -0.1) is 17.9 Å². The van der Waals surface area contributed by atoms with Gasteiger partial charge in [0.2, 0.25) is 5.91 Å². The molecule has 0 spiro atoms. The summed E-state index contributed by atoms with van der Waals surface area (Å²) in [5.41, 5.74) is 3.96. The fraction of sp³-hybridized carbons (Fsp3) is 0.259. The normalized spacial score (nSPS) is 15.0. The van der Waals surface area contributed by atoms with Crippen molar-refractivity contribution in [1.82, 2.24) is 9.80 Å². The molecule has 1 atom stereocenters. The lowest BCUT2D eigenvalue weighted by atomic mass is 9.92. The van der Waals surface area contributed by atoms with Crippen LogP contribution < -0.4 is 4.74 Å². The van der Waals surface area contributed by atoms with Crippen molar-refractivity contribution < 1.29 is 14.3 Å². The van der Waals surface area contributed by atoms with Crippen molar-refractivity contribution in [3.63, 3.8) is 0 Å². The topological polar surface area (TPSA) is 49.9 Å². The highest BCUT2D eigenvalue weighted by atomic mass is 32.1. The van der Waals surface area contributed by atoms with Gasteiger partial charge < -0.3 is 14.5 Å². The molecule has 33 heavy (non-hydrogen) atoms. The molecule has 1 aliphatic rings. The number of thiophene rings is 1. The predicted molar refractivity (Wildman–Crippen MR) is 132 cm³/mol. The van der Waals surface area contributed by atoms with Crippen LogP contribution >= 0.6 is 11.3 Å². The molecular formula is C27H28N2O3S.